The van der Waals surface area contributed by atoms with Crippen molar-refractivity contribution in [1.29, 1.82) is 0 Å². The molecule has 5 atom stereocenters. The zero-order chi connectivity index (χ0) is 17.7. The van der Waals surface area contributed by atoms with Crippen LogP contribution in [0.2, 0.25) is 0 Å². The molecule has 5 rings (SSSR count). The average Bonchev–Trinajstić information content (AvgIpc) is 3.21. The number of hydrogen-bond donors (Lipinski definition) is 0. The number of fused-ring (bicyclic) bond motifs is 5. The molecule has 1 aliphatic heterocycles. The van der Waals surface area contributed by atoms with E-state index in [1.807, 2.05) is 13.8 Å². The lowest BCUT2D eigenvalue weighted by molar-refractivity contribution is -0.196. The van der Waals surface area contributed by atoms with Gasteiger partial charge in [0.25, 0.3) is 0 Å². The minimum atomic E-state index is -0.249. The van der Waals surface area contributed by atoms with Crippen LogP contribution in [0, 0.1) is 29.1 Å². The van der Waals surface area contributed by atoms with E-state index in [1.54, 1.807) is 5.57 Å². The molecule has 3 heteroatoms. The van der Waals surface area contributed by atoms with Gasteiger partial charge < -0.3 is 9.47 Å². The van der Waals surface area contributed by atoms with Gasteiger partial charge in [-0.1, -0.05) is 32.4 Å². The molecular weight excluding hydrogens is 312 g/mol. The topological polar surface area (TPSA) is 35.5 Å². The van der Waals surface area contributed by atoms with Crippen LogP contribution >= 0.6 is 0 Å². The third-order valence-electron chi connectivity index (χ3n) is 7.88. The van der Waals surface area contributed by atoms with Gasteiger partial charge in [0.2, 0.25) is 0 Å². The Bertz CT molecular complexity index is 560. The maximum atomic E-state index is 12.4. The highest BCUT2D eigenvalue weighted by Gasteiger charge is 2.55. The van der Waals surface area contributed by atoms with E-state index in [-0.39, 0.29) is 11.2 Å². The van der Waals surface area contributed by atoms with E-state index in [0.29, 0.717) is 17.6 Å². The Hall–Kier alpha value is -0.670. The molecule has 0 N–H and O–H groups in total. The van der Waals surface area contributed by atoms with Crippen molar-refractivity contribution in [1.82, 2.24) is 0 Å². The molecule has 25 heavy (non-hydrogen) atoms. The number of hydrogen-bond acceptors (Lipinski definition) is 3. The van der Waals surface area contributed by atoms with E-state index in [0.717, 1.165) is 57.2 Å². The van der Waals surface area contributed by atoms with Crippen molar-refractivity contribution in [3.63, 3.8) is 0 Å². The summed E-state index contributed by atoms with van der Waals surface area (Å²) in [7, 11) is 0. The summed E-state index contributed by atoms with van der Waals surface area (Å²) in [6.07, 6.45) is 11.3. The van der Waals surface area contributed by atoms with Crippen molar-refractivity contribution < 1.29 is 14.3 Å². The Morgan fingerprint density at radius 1 is 1.04 bits per heavy atom. The third-order valence-corrected chi connectivity index (χ3v) is 7.88. The molecule has 0 radical (unpaired) electrons. The zero-order valence-corrected chi connectivity index (χ0v) is 16.2. The van der Waals surface area contributed by atoms with Crippen LogP contribution in [0.1, 0.15) is 72.1 Å². The van der Waals surface area contributed by atoms with Crippen molar-refractivity contribution in [2.45, 2.75) is 77.9 Å². The fourth-order valence-electron chi connectivity index (χ4n) is 6.67. The van der Waals surface area contributed by atoms with Gasteiger partial charge in [0.05, 0.1) is 13.2 Å². The smallest absolute Gasteiger partial charge is 0.168 e. The van der Waals surface area contributed by atoms with E-state index in [1.165, 1.54) is 19.3 Å². The standard InChI is InChI=1S/C20H28O3.C2H6/c1-19-8-6-15-14-7-9-20(22-10-11-23-20)12-13(14)2-3-16(15)17(19)4-5-18(19)21;1-2/h6,13-14,16-17H,2-5,7-12H2,1H3;1-2H3. The molecule has 4 fully saturated rings. The minimum Gasteiger partial charge on any atom is -0.348 e. The van der Waals surface area contributed by atoms with Crippen LogP contribution in [0.25, 0.3) is 0 Å². The SMILES string of the molecule is CC.CC12CC=C3C4CCC5(CC4CCC3C1CCC2=O)OCCO5. The molecule has 1 saturated heterocycles. The molecule has 0 aromatic rings. The Kier molecular flexibility index (Phi) is 4.60. The first-order valence-electron chi connectivity index (χ1n) is 10.6. The summed E-state index contributed by atoms with van der Waals surface area (Å²) in [6.45, 7) is 7.78. The molecule has 4 aliphatic carbocycles. The fourth-order valence-corrected chi connectivity index (χ4v) is 6.67. The molecule has 140 valence electrons. The number of carbonyl (C=O) groups excluding carboxylic acids is 1. The monoisotopic (exact) mass is 346 g/mol. The lowest BCUT2D eigenvalue weighted by atomic mass is 9.54. The summed E-state index contributed by atoms with van der Waals surface area (Å²) in [4.78, 5) is 12.4. The van der Waals surface area contributed by atoms with E-state index >= 15 is 0 Å². The van der Waals surface area contributed by atoms with Gasteiger partial charge in [-0.25, -0.2) is 0 Å². The van der Waals surface area contributed by atoms with E-state index in [2.05, 4.69) is 13.0 Å². The first kappa shape index (κ1) is 17.7. The number of carbonyl (C=O) groups is 1. The van der Waals surface area contributed by atoms with Crippen LogP contribution in [0.3, 0.4) is 0 Å². The molecule has 1 spiro atoms. The second kappa shape index (κ2) is 6.49. The van der Waals surface area contributed by atoms with Crippen LogP contribution in [-0.2, 0) is 14.3 Å². The Balaban J connectivity index is 0.000000758. The van der Waals surface area contributed by atoms with E-state index in [9.17, 15) is 4.79 Å². The van der Waals surface area contributed by atoms with Crippen molar-refractivity contribution >= 4 is 5.78 Å². The van der Waals surface area contributed by atoms with Gasteiger partial charge in [0.1, 0.15) is 5.78 Å². The number of ether oxygens (including phenoxy) is 2. The van der Waals surface area contributed by atoms with Gasteiger partial charge in [-0.3, -0.25) is 4.79 Å². The van der Waals surface area contributed by atoms with Gasteiger partial charge >= 0.3 is 0 Å². The summed E-state index contributed by atoms with van der Waals surface area (Å²) in [5.41, 5.74) is 1.67. The van der Waals surface area contributed by atoms with Crippen molar-refractivity contribution in [2.24, 2.45) is 29.1 Å². The minimum absolute atomic E-state index is 0.0471. The number of rotatable bonds is 0. The van der Waals surface area contributed by atoms with Crippen LogP contribution in [0.15, 0.2) is 11.6 Å². The van der Waals surface area contributed by atoms with Gasteiger partial charge in [-0.05, 0) is 55.8 Å². The zero-order valence-electron chi connectivity index (χ0n) is 16.2. The molecule has 1 heterocycles. The summed E-state index contributed by atoms with van der Waals surface area (Å²) >= 11 is 0. The predicted molar refractivity (Wildman–Crippen MR) is 98.1 cm³/mol. The first-order valence-corrected chi connectivity index (χ1v) is 10.6. The van der Waals surface area contributed by atoms with Crippen molar-refractivity contribution in [3.05, 3.63) is 11.6 Å². The van der Waals surface area contributed by atoms with Gasteiger partial charge in [-0.15, -0.1) is 0 Å². The van der Waals surface area contributed by atoms with Crippen molar-refractivity contribution in [3.8, 4) is 0 Å². The summed E-state index contributed by atoms with van der Waals surface area (Å²) in [5, 5.41) is 0. The molecular formula is C22H34O3. The van der Waals surface area contributed by atoms with Crippen LogP contribution < -0.4 is 0 Å². The predicted octanol–water partition coefficient (Wildman–Crippen LogP) is 4.90. The molecule has 0 aromatic heterocycles. The first-order chi connectivity index (χ1) is 12.1. The molecule has 5 unspecified atom stereocenters. The van der Waals surface area contributed by atoms with Crippen LogP contribution in [0.5, 0.6) is 0 Å². The molecule has 0 bridgehead atoms. The highest BCUT2D eigenvalue weighted by Crippen LogP contribution is 2.60. The molecule has 5 aliphatic rings. The number of ketones is 1. The lowest BCUT2D eigenvalue weighted by Gasteiger charge is -2.51. The number of Topliss-reactive ketones (excluding diaryl/α,β-unsaturated/α-hetero) is 1. The molecule has 3 saturated carbocycles. The molecule has 3 nitrogen and oxygen atoms in total. The van der Waals surface area contributed by atoms with Crippen LogP contribution in [0.4, 0.5) is 0 Å². The number of allylic oxidation sites excluding steroid dienone is 2. The second-order valence-electron chi connectivity index (χ2n) is 8.79. The highest BCUT2D eigenvalue weighted by molar-refractivity contribution is 5.87. The third kappa shape index (κ3) is 2.65. The van der Waals surface area contributed by atoms with E-state index < -0.39 is 0 Å². The van der Waals surface area contributed by atoms with Gasteiger partial charge in [0, 0.05) is 24.7 Å². The summed E-state index contributed by atoms with van der Waals surface area (Å²) in [6, 6.07) is 0. The maximum absolute atomic E-state index is 12.4. The second-order valence-corrected chi connectivity index (χ2v) is 8.79. The molecule has 0 amide bonds. The Morgan fingerprint density at radius 2 is 1.80 bits per heavy atom. The summed E-state index contributed by atoms with van der Waals surface area (Å²) in [5.74, 6) is 3.03. The van der Waals surface area contributed by atoms with Crippen LogP contribution in [-0.4, -0.2) is 24.8 Å². The average molecular weight is 347 g/mol. The van der Waals surface area contributed by atoms with Crippen molar-refractivity contribution in [2.75, 3.05) is 13.2 Å². The highest BCUT2D eigenvalue weighted by atomic mass is 16.7. The van der Waals surface area contributed by atoms with E-state index in [4.69, 9.17) is 9.47 Å². The fraction of sp³-hybridized carbons (Fsp3) is 0.864. The Morgan fingerprint density at radius 3 is 2.56 bits per heavy atom. The van der Waals surface area contributed by atoms with Gasteiger partial charge in [-0.2, -0.15) is 0 Å². The lowest BCUT2D eigenvalue weighted by Crippen LogP contribution is -2.47. The Labute approximate surface area is 152 Å². The van der Waals surface area contributed by atoms with Gasteiger partial charge in [0.15, 0.2) is 5.79 Å². The summed E-state index contributed by atoms with van der Waals surface area (Å²) < 4.78 is 12.0. The largest absolute Gasteiger partial charge is 0.348 e. The quantitative estimate of drug-likeness (QED) is 0.585. The maximum Gasteiger partial charge on any atom is 0.168 e. The molecule has 0 aromatic carbocycles. The normalized spacial score (nSPS) is 44.3.